The number of nitrogens with zero attached hydrogens (tertiary/aromatic N) is 3. The van der Waals surface area contributed by atoms with Gasteiger partial charge in [-0.15, -0.1) is 0 Å². The fourth-order valence-electron chi connectivity index (χ4n) is 5.15. The number of piperidine rings is 1. The number of hydrogen-bond donors (Lipinski definition) is 0. The summed E-state index contributed by atoms with van der Waals surface area (Å²) in [5.41, 5.74) is 2.37. The van der Waals surface area contributed by atoms with Crippen molar-refractivity contribution in [2.45, 2.75) is 38.1 Å². The Balaban J connectivity index is 1.44. The van der Waals surface area contributed by atoms with Crippen LogP contribution in [0.4, 0.5) is 0 Å². The molecule has 2 bridgehead atoms. The summed E-state index contributed by atoms with van der Waals surface area (Å²) in [7, 11) is 0. The van der Waals surface area contributed by atoms with Gasteiger partial charge in [-0.1, -0.05) is 54.9 Å². The minimum Gasteiger partial charge on any atom is -0.355 e. The standard InChI is InChI=1S/C24H25N3O3/c1-2-7-20-17-12-18(21-10-6-11-23(28)27(20)21)15-26(14-17)24(29)19-13-22(30-25-19)16-8-4-3-5-9-16/h3-6,8-11,13,17-18,20H,2,7,12,14-15H2,1H3/t17-,18+,20-/m0/s1. The number of benzene rings is 1. The number of fused-ring (bicyclic) bond motifs is 4. The summed E-state index contributed by atoms with van der Waals surface area (Å²) in [4.78, 5) is 27.8. The van der Waals surface area contributed by atoms with E-state index in [2.05, 4.69) is 12.1 Å². The van der Waals surface area contributed by atoms with Crippen LogP contribution < -0.4 is 5.56 Å². The van der Waals surface area contributed by atoms with Gasteiger partial charge in [0.2, 0.25) is 0 Å². The van der Waals surface area contributed by atoms with Gasteiger partial charge in [0, 0.05) is 48.4 Å². The number of carbonyl (C=O) groups is 1. The molecule has 5 rings (SSSR count). The predicted octanol–water partition coefficient (Wildman–Crippen LogP) is 4.10. The largest absolute Gasteiger partial charge is 0.355 e. The molecule has 2 aliphatic rings. The zero-order valence-electron chi connectivity index (χ0n) is 17.0. The first-order chi connectivity index (χ1) is 14.7. The maximum atomic E-state index is 13.3. The van der Waals surface area contributed by atoms with Crippen molar-refractivity contribution in [1.82, 2.24) is 14.6 Å². The van der Waals surface area contributed by atoms with Crippen molar-refractivity contribution in [3.05, 3.63) is 76.3 Å². The minimum absolute atomic E-state index is 0.0735. The van der Waals surface area contributed by atoms with Crippen LogP contribution in [0.25, 0.3) is 11.3 Å². The molecule has 6 heteroatoms. The Bertz CT molecular complexity index is 1120. The molecule has 1 saturated heterocycles. The van der Waals surface area contributed by atoms with E-state index in [1.54, 1.807) is 12.1 Å². The Morgan fingerprint density at radius 3 is 2.77 bits per heavy atom. The second kappa shape index (κ2) is 7.59. The highest BCUT2D eigenvalue weighted by Crippen LogP contribution is 2.43. The average molecular weight is 403 g/mol. The highest BCUT2D eigenvalue weighted by Gasteiger charge is 2.41. The number of aromatic nitrogens is 2. The predicted molar refractivity (Wildman–Crippen MR) is 113 cm³/mol. The van der Waals surface area contributed by atoms with E-state index in [9.17, 15) is 9.59 Å². The molecule has 2 aliphatic heterocycles. The van der Waals surface area contributed by atoms with Crippen molar-refractivity contribution in [1.29, 1.82) is 0 Å². The average Bonchev–Trinajstić information content (AvgIpc) is 3.27. The molecule has 4 heterocycles. The normalized spacial score (nSPS) is 22.6. The Morgan fingerprint density at radius 1 is 1.13 bits per heavy atom. The smallest absolute Gasteiger partial charge is 0.276 e. The number of amides is 1. The van der Waals surface area contributed by atoms with Gasteiger partial charge in [0.05, 0.1) is 0 Å². The minimum atomic E-state index is -0.0994. The van der Waals surface area contributed by atoms with Crippen molar-refractivity contribution >= 4 is 5.91 Å². The third-order valence-electron chi connectivity index (χ3n) is 6.46. The first-order valence-electron chi connectivity index (χ1n) is 10.7. The number of carbonyl (C=O) groups excluding carboxylic acids is 1. The van der Waals surface area contributed by atoms with Gasteiger partial charge < -0.3 is 14.0 Å². The summed E-state index contributed by atoms with van der Waals surface area (Å²) in [6.45, 7) is 3.39. The summed E-state index contributed by atoms with van der Waals surface area (Å²) in [5, 5.41) is 4.05. The fraction of sp³-hybridized carbons (Fsp3) is 0.375. The third kappa shape index (κ3) is 3.16. The first-order valence-corrected chi connectivity index (χ1v) is 10.7. The fourth-order valence-corrected chi connectivity index (χ4v) is 5.15. The van der Waals surface area contributed by atoms with Gasteiger partial charge in [0.1, 0.15) is 0 Å². The highest BCUT2D eigenvalue weighted by molar-refractivity contribution is 5.93. The van der Waals surface area contributed by atoms with Crippen molar-refractivity contribution in [3.8, 4) is 11.3 Å². The lowest BCUT2D eigenvalue weighted by Gasteiger charge is -2.46. The SMILES string of the molecule is CCC[C@H]1[C@H]2C[C@H](CN(C(=O)c3cc(-c4ccccc4)on3)C2)c2cccc(=O)n21. The van der Waals surface area contributed by atoms with E-state index in [0.717, 1.165) is 30.5 Å². The van der Waals surface area contributed by atoms with E-state index in [0.29, 0.717) is 24.5 Å². The lowest BCUT2D eigenvalue weighted by Crippen LogP contribution is -2.51. The molecule has 6 nitrogen and oxygen atoms in total. The van der Waals surface area contributed by atoms with Crippen LogP contribution in [0.3, 0.4) is 0 Å². The van der Waals surface area contributed by atoms with Crippen LogP contribution >= 0.6 is 0 Å². The van der Waals surface area contributed by atoms with Crippen LogP contribution in [-0.4, -0.2) is 33.6 Å². The highest BCUT2D eigenvalue weighted by atomic mass is 16.5. The van der Waals surface area contributed by atoms with Crippen LogP contribution in [0.2, 0.25) is 0 Å². The summed E-state index contributed by atoms with van der Waals surface area (Å²) >= 11 is 0. The Morgan fingerprint density at radius 2 is 1.97 bits per heavy atom. The summed E-state index contributed by atoms with van der Waals surface area (Å²) in [6, 6.07) is 17.1. The molecule has 1 aromatic carbocycles. The lowest BCUT2D eigenvalue weighted by atomic mass is 9.77. The summed E-state index contributed by atoms with van der Waals surface area (Å²) in [6.07, 6.45) is 2.97. The molecule has 30 heavy (non-hydrogen) atoms. The summed E-state index contributed by atoms with van der Waals surface area (Å²) in [5.74, 6) is 0.950. The summed E-state index contributed by atoms with van der Waals surface area (Å²) < 4.78 is 7.44. The molecule has 0 N–H and O–H groups in total. The molecule has 0 aliphatic carbocycles. The van der Waals surface area contributed by atoms with Crippen molar-refractivity contribution in [2.75, 3.05) is 13.1 Å². The Kier molecular flexibility index (Phi) is 4.77. The van der Waals surface area contributed by atoms with Crippen molar-refractivity contribution in [2.24, 2.45) is 5.92 Å². The van der Waals surface area contributed by atoms with Gasteiger partial charge in [0.25, 0.3) is 11.5 Å². The number of hydrogen-bond acceptors (Lipinski definition) is 4. The molecule has 0 radical (unpaired) electrons. The van der Waals surface area contributed by atoms with Crippen LogP contribution in [0.1, 0.15) is 54.3 Å². The second-order valence-electron chi connectivity index (χ2n) is 8.36. The molecule has 0 spiro atoms. The quantitative estimate of drug-likeness (QED) is 0.658. The maximum absolute atomic E-state index is 13.3. The molecule has 154 valence electrons. The third-order valence-corrected chi connectivity index (χ3v) is 6.46. The van der Waals surface area contributed by atoms with E-state index in [-0.39, 0.29) is 29.3 Å². The van der Waals surface area contributed by atoms with Gasteiger partial charge in [0.15, 0.2) is 11.5 Å². The zero-order valence-corrected chi connectivity index (χ0v) is 17.0. The van der Waals surface area contributed by atoms with E-state index in [4.69, 9.17) is 4.52 Å². The monoisotopic (exact) mass is 403 g/mol. The van der Waals surface area contributed by atoms with Crippen molar-refractivity contribution in [3.63, 3.8) is 0 Å². The van der Waals surface area contributed by atoms with Gasteiger partial charge >= 0.3 is 0 Å². The van der Waals surface area contributed by atoms with E-state index in [1.165, 1.54) is 0 Å². The molecule has 0 unspecified atom stereocenters. The first kappa shape index (κ1) is 18.9. The Labute approximate surface area is 175 Å². The topological polar surface area (TPSA) is 68.3 Å². The molecular formula is C24H25N3O3. The molecule has 2 aromatic heterocycles. The number of pyridine rings is 1. The lowest BCUT2D eigenvalue weighted by molar-refractivity contribution is 0.0509. The van der Waals surface area contributed by atoms with Crippen LogP contribution in [0, 0.1) is 5.92 Å². The van der Waals surface area contributed by atoms with Gasteiger partial charge in [-0.25, -0.2) is 0 Å². The number of rotatable bonds is 4. The van der Waals surface area contributed by atoms with E-state index < -0.39 is 0 Å². The molecule has 0 saturated carbocycles. The second-order valence-corrected chi connectivity index (χ2v) is 8.36. The van der Waals surface area contributed by atoms with E-state index in [1.807, 2.05) is 51.9 Å². The van der Waals surface area contributed by atoms with Crippen LogP contribution in [0.5, 0.6) is 0 Å². The van der Waals surface area contributed by atoms with Gasteiger partial charge in [-0.3, -0.25) is 9.59 Å². The zero-order chi connectivity index (χ0) is 20.7. The van der Waals surface area contributed by atoms with E-state index >= 15 is 0 Å². The van der Waals surface area contributed by atoms with Crippen LogP contribution in [-0.2, 0) is 0 Å². The van der Waals surface area contributed by atoms with Gasteiger partial charge in [-0.2, -0.15) is 0 Å². The number of likely N-dealkylation sites (tertiary alicyclic amines) is 1. The van der Waals surface area contributed by atoms with Crippen molar-refractivity contribution < 1.29 is 9.32 Å². The van der Waals surface area contributed by atoms with Crippen LogP contribution in [0.15, 0.2) is 63.9 Å². The molecule has 3 atom stereocenters. The Hall–Kier alpha value is -3.15. The van der Waals surface area contributed by atoms with Gasteiger partial charge in [-0.05, 0) is 24.8 Å². The molecular weight excluding hydrogens is 378 g/mol. The maximum Gasteiger partial charge on any atom is 0.276 e. The molecule has 3 aromatic rings. The molecule has 1 amide bonds. The molecule has 1 fully saturated rings.